The van der Waals surface area contributed by atoms with Crippen LogP contribution in [-0.2, 0) is 21.9 Å². The summed E-state index contributed by atoms with van der Waals surface area (Å²) in [5.41, 5.74) is 0.738. The molecule has 0 saturated carbocycles. The summed E-state index contributed by atoms with van der Waals surface area (Å²) in [5.74, 6) is 1.54. The van der Waals surface area contributed by atoms with Gasteiger partial charge in [0.05, 0.1) is 10.6 Å². The van der Waals surface area contributed by atoms with E-state index < -0.39 is 10.0 Å². The Labute approximate surface area is 152 Å². The largest absolute Gasteiger partial charge is 0.445 e. The summed E-state index contributed by atoms with van der Waals surface area (Å²) in [7, 11) is -3.48. The Morgan fingerprint density at radius 2 is 1.83 bits per heavy atom. The Hall–Kier alpha value is -1.18. The molecule has 0 unspecified atom stereocenters. The van der Waals surface area contributed by atoms with Crippen molar-refractivity contribution in [1.29, 1.82) is 0 Å². The van der Waals surface area contributed by atoms with Gasteiger partial charge in [0.1, 0.15) is 5.76 Å². The summed E-state index contributed by atoms with van der Waals surface area (Å²) in [6, 6.07) is 6.56. The standard InChI is InChI=1S/C17H23BrN2O3S/c1-12-15(23-16(20-12)17(2,3)4)6-5-11-19-24(21,22)14-9-7-13(18)8-10-14/h7-10,19H,5-6,11H2,1-4H3. The summed E-state index contributed by atoms with van der Waals surface area (Å²) in [6.45, 7) is 8.42. The molecule has 0 aliphatic rings. The highest BCUT2D eigenvalue weighted by molar-refractivity contribution is 9.10. The van der Waals surface area contributed by atoms with Crippen LogP contribution in [0.5, 0.6) is 0 Å². The maximum Gasteiger partial charge on any atom is 0.240 e. The molecule has 0 spiro atoms. The summed E-state index contributed by atoms with van der Waals surface area (Å²) in [4.78, 5) is 4.72. The number of nitrogens with one attached hydrogen (secondary N) is 1. The second-order valence-electron chi connectivity index (χ2n) is 6.73. The summed E-state index contributed by atoms with van der Waals surface area (Å²) in [5, 5.41) is 0. The van der Waals surface area contributed by atoms with Crippen LogP contribution in [0.3, 0.4) is 0 Å². The van der Waals surface area contributed by atoms with Gasteiger partial charge in [-0.1, -0.05) is 36.7 Å². The van der Waals surface area contributed by atoms with E-state index in [9.17, 15) is 8.42 Å². The zero-order chi connectivity index (χ0) is 18.0. The fraction of sp³-hybridized carbons (Fsp3) is 0.471. The third kappa shape index (κ3) is 4.91. The molecule has 0 bridgehead atoms. The van der Waals surface area contributed by atoms with E-state index >= 15 is 0 Å². The van der Waals surface area contributed by atoms with Gasteiger partial charge in [-0.25, -0.2) is 18.1 Å². The lowest BCUT2D eigenvalue weighted by atomic mass is 9.97. The molecule has 2 rings (SSSR count). The maximum atomic E-state index is 12.2. The summed E-state index contributed by atoms with van der Waals surface area (Å²) >= 11 is 3.29. The van der Waals surface area contributed by atoms with E-state index in [0.29, 0.717) is 25.3 Å². The second kappa shape index (κ2) is 7.37. The molecule has 7 heteroatoms. The van der Waals surface area contributed by atoms with Crippen LogP contribution in [0, 0.1) is 6.92 Å². The van der Waals surface area contributed by atoms with Crippen molar-refractivity contribution in [3.8, 4) is 0 Å². The van der Waals surface area contributed by atoms with E-state index in [1.54, 1.807) is 24.3 Å². The van der Waals surface area contributed by atoms with E-state index in [1.165, 1.54) is 0 Å². The first-order valence-corrected chi connectivity index (χ1v) is 10.1. The van der Waals surface area contributed by atoms with Gasteiger partial charge >= 0.3 is 0 Å². The summed E-state index contributed by atoms with van der Waals surface area (Å²) < 4.78 is 33.7. The lowest BCUT2D eigenvalue weighted by Crippen LogP contribution is -2.25. The molecule has 0 radical (unpaired) electrons. The number of halogens is 1. The van der Waals surface area contributed by atoms with Gasteiger partial charge in [-0.3, -0.25) is 0 Å². The second-order valence-corrected chi connectivity index (χ2v) is 9.42. The Kier molecular flexibility index (Phi) is 5.88. The zero-order valence-electron chi connectivity index (χ0n) is 14.4. The number of benzene rings is 1. The van der Waals surface area contributed by atoms with E-state index in [-0.39, 0.29) is 10.3 Å². The number of aryl methyl sites for hydroxylation is 2. The Morgan fingerprint density at radius 3 is 2.38 bits per heavy atom. The number of rotatable bonds is 6. The predicted octanol–water partition coefficient (Wildman–Crippen LogP) is 3.95. The Bertz CT molecular complexity index is 790. The van der Waals surface area contributed by atoms with Crippen LogP contribution in [0.1, 0.15) is 44.5 Å². The maximum absolute atomic E-state index is 12.2. The van der Waals surface area contributed by atoms with Gasteiger partial charge in [0, 0.05) is 22.9 Å². The van der Waals surface area contributed by atoms with Crippen LogP contribution in [0.15, 0.2) is 38.1 Å². The fourth-order valence-electron chi connectivity index (χ4n) is 2.13. The summed E-state index contributed by atoms with van der Waals surface area (Å²) in [6.07, 6.45) is 1.30. The van der Waals surface area contributed by atoms with E-state index in [0.717, 1.165) is 15.9 Å². The first-order chi connectivity index (χ1) is 11.1. The average Bonchev–Trinajstić information content (AvgIpc) is 2.85. The number of hydrogen-bond acceptors (Lipinski definition) is 4. The molecule has 5 nitrogen and oxygen atoms in total. The molecular weight excluding hydrogens is 392 g/mol. The molecule has 1 heterocycles. The van der Waals surface area contributed by atoms with Crippen molar-refractivity contribution in [3.05, 3.63) is 46.1 Å². The average molecular weight is 415 g/mol. The third-order valence-electron chi connectivity index (χ3n) is 3.53. The molecule has 1 N–H and O–H groups in total. The van der Waals surface area contributed by atoms with E-state index in [1.807, 2.05) is 27.7 Å². The Balaban J connectivity index is 1.91. The monoisotopic (exact) mass is 414 g/mol. The molecule has 2 aromatic rings. The molecule has 0 aliphatic heterocycles. The first-order valence-electron chi connectivity index (χ1n) is 7.81. The molecule has 0 aliphatic carbocycles. The number of aromatic nitrogens is 1. The van der Waals surface area contributed by atoms with Crippen molar-refractivity contribution >= 4 is 26.0 Å². The highest BCUT2D eigenvalue weighted by Crippen LogP contribution is 2.24. The van der Waals surface area contributed by atoms with Crippen molar-refractivity contribution in [1.82, 2.24) is 9.71 Å². The van der Waals surface area contributed by atoms with Crippen LogP contribution in [-0.4, -0.2) is 19.9 Å². The molecular formula is C17H23BrN2O3S. The highest BCUT2D eigenvalue weighted by Gasteiger charge is 2.22. The van der Waals surface area contributed by atoms with Crippen molar-refractivity contribution in [3.63, 3.8) is 0 Å². The normalized spacial score (nSPS) is 12.5. The number of sulfonamides is 1. The highest BCUT2D eigenvalue weighted by atomic mass is 79.9. The van der Waals surface area contributed by atoms with Crippen molar-refractivity contribution < 1.29 is 12.8 Å². The molecule has 1 aromatic heterocycles. The molecule has 1 aromatic carbocycles. The first kappa shape index (κ1) is 19.1. The lowest BCUT2D eigenvalue weighted by molar-refractivity contribution is 0.370. The molecule has 132 valence electrons. The minimum atomic E-state index is -3.48. The van der Waals surface area contributed by atoms with E-state index in [2.05, 4.69) is 25.6 Å². The van der Waals surface area contributed by atoms with Gasteiger partial charge < -0.3 is 4.42 Å². The number of hydrogen-bond donors (Lipinski definition) is 1. The smallest absolute Gasteiger partial charge is 0.240 e. The topological polar surface area (TPSA) is 72.2 Å². The van der Waals surface area contributed by atoms with Gasteiger partial charge in [0.15, 0.2) is 5.89 Å². The Morgan fingerprint density at radius 1 is 1.21 bits per heavy atom. The minimum absolute atomic E-state index is 0.133. The van der Waals surface area contributed by atoms with Gasteiger partial charge in [0.25, 0.3) is 0 Å². The lowest BCUT2D eigenvalue weighted by Gasteiger charge is -2.12. The van der Waals surface area contributed by atoms with Crippen LogP contribution in [0.2, 0.25) is 0 Å². The fourth-order valence-corrected chi connectivity index (χ4v) is 3.47. The van der Waals surface area contributed by atoms with Crippen molar-refractivity contribution in [2.45, 2.75) is 50.8 Å². The quantitative estimate of drug-likeness (QED) is 0.726. The van der Waals surface area contributed by atoms with Crippen molar-refractivity contribution in [2.75, 3.05) is 6.54 Å². The van der Waals surface area contributed by atoms with Gasteiger partial charge in [-0.15, -0.1) is 0 Å². The third-order valence-corrected chi connectivity index (χ3v) is 5.54. The molecule has 0 atom stereocenters. The zero-order valence-corrected chi connectivity index (χ0v) is 16.8. The SMILES string of the molecule is Cc1nc(C(C)(C)C)oc1CCCNS(=O)(=O)c1ccc(Br)cc1. The van der Waals surface area contributed by atoms with E-state index in [4.69, 9.17) is 4.42 Å². The number of oxazole rings is 1. The predicted molar refractivity (Wildman–Crippen MR) is 97.6 cm³/mol. The van der Waals surface area contributed by atoms with Gasteiger partial charge in [-0.2, -0.15) is 0 Å². The number of nitrogens with zero attached hydrogens (tertiary/aromatic N) is 1. The molecule has 0 fully saturated rings. The van der Waals surface area contributed by atoms with Crippen LogP contribution in [0.4, 0.5) is 0 Å². The van der Waals surface area contributed by atoms with Crippen LogP contribution < -0.4 is 4.72 Å². The molecule has 0 saturated heterocycles. The minimum Gasteiger partial charge on any atom is -0.445 e. The van der Waals surface area contributed by atoms with Crippen LogP contribution in [0.25, 0.3) is 0 Å². The molecule has 24 heavy (non-hydrogen) atoms. The van der Waals surface area contributed by atoms with Gasteiger partial charge in [-0.05, 0) is 37.6 Å². The van der Waals surface area contributed by atoms with Crippen molar-refractivity contribution in [2.24, 2.45) is 0 Å². The molecule has 0 amide bonds. The van der Waals surface area contributed by atoms with Crippen LogP contribution >= 0.6 is 15.9 Å². The van der Waals surface area contributed by atoms with Gasteiger partial charge in [0.2, 0.25) is 10.0 Å².